The normalized spacial score (nSPS) is 20.6. The van der Waals surface area contributed by atoms with Crippen LogP contribution in [0.15, 0.2) is 55.3 Å². The van der Waals surface area contributed by atoms with Gasteiger partial charge in [-0.3, -0.25) is 0 Å². The monoisotopic (exact) mass is 518 g/mol. The smallest absolute Gasteiger partial charge is 0.240 e. The Bertz CT molecular complexity index is 1610. The number of H-pyrrole nitrogens is 1. The van der Waals surface area contributed by atoms with Crippen molar-refractivity contribution in [3.05, 3.63) is 35.9 Å². The molecule has 0 bridgehead atoms. The summed E-state index contributed by atoms with van der Waals surface area (Å²) in [6.07, 6.45) is 0.118. The van der Waals surface area contributed by atoms with Crippen molar-refractivity contribution in [1.82, 2.24) is 15.3 Å². The molecule has 3 aromatic rings. The molecule has 1 aromatic heterocycles. The van der Waals surface area contributed by atoms with E-state index < -0.39 is 40.9 Å². The average Bonchev–Trinajstić information content (AvgIpc) is 3.57. The fourth-order valence-corrected chi connectivity index (χ4v) is 7.79. The highest BCUT2D eigenvalue weighted by molar-refractivity contribution is 7.94. The van der Waals surface area contributed by atoms with Gasteiger partial charge in [0.1, 0.15) is 4.90 Å². The largest absolute Gasteiger partial charge is 0.395 e. The number of hydrogen-bond donors (Lipinski definition) is 5. The van der Waals surface area contributed by atoms with Gasteiger partial charge in [-0.05, 0) is 24.1 Å². The minimum absolute atomic E-state index is 0.0416. The van der Waals surface area contributed by atoms with E-state index in [0.717, 1.165) is 0 Å². The third-order valence-corrected chi connectivity index (χ3v) is 9.36. The van der Waals surface area contributed by atoms with E-state index in [2.05, 4.69) is 30.5 Å². The maximum Gasteiger partial charge on any atom is 0.240 e. The summed E-state index contributed by atoms with van der Waals surface area (Å²) in [7, 11) is -8.78. The summed E-state index contributed by atoms with van der Waals surface area (Å²) in [4.78, 5) is 10.3. The quantitative estimate of drug-likeness (QED) is 0.301. The molecule has 7 N–H and O–H groups in total. The van der Waals surface area contributed by atoms with Crippen molar-refractivity contribution in [2.75, 3.05) is 25.6 Å². The van der Waals surface area contributed by atoms with Crippen LogP contribution in [-0.4, -0.2) is 68.9 Å². The van der Waals surface area contributed by atoms with Gasteiger partial charge in [-0.15, -0.1) is 5.11 Å². The predicted molar refractivity (Wildman–Crippen MR) is 128 cm³/mol. The van der Waals surface area contributed by atoms with Crippen molar-refractivity contribution >= 4 is 42.7 Å². The number of primary sulfonamides is 1. The minimum Gasteiger partial charge on any atom is -0.395 e. The van der Waals surface area contributed by atoms with Crippen LogP contribution >= 0.6 is 0 Å². The first-order valence-electron chi connectivity index (χ1n) is 10.6. The number of para-hydroxylation sites is 1. The van der Waals surface area contributed by atoms with Crippen molar-refractivity contribution in [3.8, 4) is 11.1 Å². The zero-order valence-electron chi connectivity index (χ0n) is 18.2. The summed E-state index contributed by atoms with van der Waals surface area (Å²) < 4.78 is 53.2. The number of amidine groups is 1. The molecule has 13 nitrogen and oxygen atoms in total. The lowest BCUT2D eigenvalue weighted by Gasteiger charge is -2.19. The Kier molecular flexibility index (Phi) is 5.68. The van der Waals surface area contributed by atoms with Gasteiger partial charge in [0.05, 0.1) is 33.3 Å². The molecule has 5 rings (SSSR count). The maximum atomic E-state index is 13.6. The van der Waals surface area contributed by atoms with Crippen LogP contribution in [0, 0.1) is 0 Å². The Morgan fingerprint density at radius 3 is 2.57 bits per heavy atom. The molecule has 3 heterocycles. The average molecular weight is 519 g/mol. The third-order valence-electron chi connectivity index (χ3n) is 6.05. The highest BCUT2D eigenvalue weighted by Gasteiger charge is 2.40. The Labute approximate surface area is 200 Å². The highest BCUT2D eigenvalue weighted by atomic mass is 32.2. The zero-order chi connectivity index (χ0) is 25.0. The minimum atomic E-state index is -4.60. The lowest BCUT2D eigenvalue weighted by atomic mass is 9.97. The molecule has 0 unspecified atom stereocenters. The van der Waals surface area contributed by atoms with Gasteiger partial charge in [0, 0.05) is 18.2 Å². The molecule has 0 radical (unpaired) electrons. The molecule has 0 aliphatic carbocycles. The van der Waals surface area contributed by atoms with E-state index in [9.17, 15) is 21.9 Å². The van der Waals surface area contributed by atoms with Gasteiger partial charge in [0.25, 0.3) is 0 Å². The summed E-state index contributed by atoms with van der Waals surface area (Å²) in [5.41, 5.74) is 7.59. The fraction of sp³-hybridized carbons (Fsp3) is 0.300. The molecule has 2 atom stereocenters. The predicted octanol–water partition coefficient (Wildman–Crippen LogP) is 0.126. The summed E-state index contributed by atoms with van der Waals surface area (Å²) >= 11 is 0. The molecule has 2 aliphatic rings. The third kappa shape index (κ3) is 4.00. The van der Waals surface area contributed by atoms with Crippen LogP contribution in [0.1, 0.15) is 12.0 Å². The number of aliphatic imine (C=N–C) groups is 1. The first-order chi connectivity index (χ1) is 16.6. The van der Waals surface area contributed by atoms with Crippen molar-refractivity contribution in [2.45, 2.75) is 27.5 Å². The van der Waals surface area contributed by atoms with Crippen LogP contribution in [0.2, 0.25) is 0 Å². The number of anilines is 1. The second-order valence-electron chi connectivity index (χ2n) is 8.24. The Hall–Kier alpha value is -3.24. The SMILES string of the molecule is Nc1nc2c(-c3ccc(S(=O)(=O)[C@H]4CN[C@H](CO)C4)c(S(N)(=O)=O)c3C3=NCN=N3)cccc2[nH]1. The number of nitrogen functional groups attached to an aromatic ring is 1. The Morgan fingerprint density at radius 1 is 1.11 bits per heavy atom. The number of sulfonamides is 1. The van der Waals surface area contributed by atoms with Crippen molar-refractivity contribution < 1.29 is 21.9 Å². The molecule has 15 heteroatoms. The summed E-state index contributed by atoms with van der Waals surface area (Å²) in [5, 5.41) is 24.8. The number of nitrogens with one attached hydrogen (secondary N) is 2. The molecule has 2 aliphatic heterocycles. The standard InChI is InChI=1S/C20H22N8O5S2/c21-20-26-14-3-1-2-13(17(14)27-20)12-4-5-15(34(30,31)11-6-10(8-29)23-7-11)18(35(22,32)33)16(12)19-24-9-25-28-19/h1-5,10-11,23,29H,6-9H2,(H3,21,26,27)(H2,22,32,33)/t10-,11+/m0/s1. The second kappa shape index (κ2) is 8.46. The first kappa shape index (κ1) is 23.5. The summed E-state index contributed by atoms with van der Waals surface area (Å²) in [6, 6.07) is 7.46. The number of sulfone groups is 1. The van der Waals surface area contributed by atoms with Crippen LogP contribution in [-0.2, 0) is 19.9 Å². The number of fused-ring (bicyclic) bond motifs is 1. The molecular weight excluding hydrogens is 496 g/mol. The lowest BCUT2D eigenvalue weighted by Crippen LogP contribution is -2.28. The fourth-order valence-electron chi connectivity index (χ4n) is 4.48. The van der Waals surface area contributed by atoms with E-state index in [1.165, 1.54) is 12.1 Å². The summed E-state index contributed by atoms with van der Waals surface area (Å²) in [5.74, 6) is 0.101. The van der Waals surface area contributed by atoms with E-state index in [-0.39, 0.29) is 43.6 Å². The summed E-state index contributed by atoms with van der Waals surface area (Å²) in [6.45, 7) is -0.229. The number of imidazole rings is 1. The van der Waals surface area contributed by atoms with Crippen molar-refractivity contribution in [3.63, 3.8) is 0 Å². The second-order valence-corrected chi connectivity index (χ2v) is 11.9. The number of rotatable bonds is 6. The Balaban J connectivity index is 1.83. The van der Waals surface area contributed by atoms with Gasteiger partial charge in [0.2, 0.25) is 10.0 Å². The first-order valence-corrected chi connectivity index (χ1v) is 13.7. The highest BCUT2D eigenvalue weighted by Crippen LogP contribution is 2.39. The van der Waals surface area contributed by atoms with Crippen LogP contribution < -0.4 is 16.2 Å². The van der Waals surface area contributed by atoms with Crippen LogP contribution in [0.25, 0.3) is 22.2 Å². The van der Waals surface area contributed by atoms with E-state index >= 15 is 0 Å². The van der Waals surface area contributed by atoms with E-state index in [0.29, 0.717) is 22.2 Å². The van der Waals surface area contributed by atoms with Crippen molar-refractivity contribution in [1.29, 1.82) is 0 Å². The number of nitrogens with zero attached hydrogens (tertiary/aromatic N) is 4. The van der Waals surface area contributed by atoms with Gasteiger partial charge < -0.3 is 21.1 Å². The van der Waals surface area contributed by atoms with Crippen LogP contribution in [0.3, 0.4) is 0 Å². The molecule has 35 heavy (non-hydrogen) atoms. The molecular formula is C20H22N8O5S2. The van der Waals surface area contributed by atoms with Gasteiger partial charge in [-0.1, -0.05) is 18.2 Å². The number of benzene rings is 2. The van der Waals surface area contributed by atoms with E-state index in [1.54, 1.807) is 18.2 Å². The van der Waals surface area contributed by atoms with E-state index in [4.69, 9.17) is 10.9 Å². The number of aliphatic hydroxyl groups is 1. The number of nitrogens with two attached hydrogens (primary N) is 2. The maximum absolute atomic E-state index is 13.6. The van der Waals surface area contributed by atoms with Crippen LogP contribution in [0.5, 0.6) is 0 Å². The molecule has 1 saturated heterocycles. The number of azo groups is 1. The van der Waals surface area contributed by atoms with Crippen molar-refractivity contribution in [2.24, 2.45) is 20.4 Å². The number of aliphatic hydroxyl groups excluding tert-OH is 1. The molecule has 1 fully saturated rings. The lowest BCUT2D eigenvalue weighted by molar-refractivity contribution is 0.255. The molecule has 0 amide bonds. The zero-order valence-corrected chi connectivity index (χ0v) is 19.8. The number of hydrogen-bond acceptors (Lipinski definition) is 11. The number of aromatic nitrogens is 2. The van der Waals surface area contributed by atoms with E-state index in [1.807, 2.05) is 0 Å². The molecule has 0 saturated carbocycles. The van der Waals surface area contributed by atoms with Gasteiger partial charge in [0.15, 0.2) is 28.3 Å². The van der Waals surface area contributed by atoms with Gasteiger partial charge in [-0.25, -0.2) is 32.0 Å². The van der Waals surface area contributed by atoms with Crippen LogP contribution in [0.4, 0.5) is 5.95 Å². The topological polar surface area (TPSA) is 218 Å². The molecule has 0 spiro atoms. The number of aromatic amines is 1. The molecule has 2 aromatic carbocycles. The van der Waals surface area contributed by atoms with Gasteiger partial charge >= 0.3 is 0 Å². The Morgan fingerprint density at radius 2 is 1.91 bits per heavy atom. The molecule has 184 valence electrons. The van der Waals surface area contributed by atoms with Gasteiger partial charge in [-0.2, -0.15) is 5.11 Å².